The van der Waals surface area contributed by atoms with Gasteiger partial charge in [-0.3, -0.25) is 10.4 Å². The standard InChI is InChI=1S/C21H26N4O3S/c1-3-4-13-23-29(26,27)18-9-7-8-17(15-18)24-25-16-22-14-12-20(25)19-10-5-6-11-21(19)28-2/h5-12,14-16,20,23-24H,3-4,13H2,1-2H3. The van der Waals surface area contributed by atoms with Crippen LogP contribution in [0, 0.1) is 0 Å². The number of para-hydroxylation sites is 1. The number of unbranched alkanes of at least 4 members (excludes halogenated alkanes) is 1. The molecule has 2 aromatic carbocycles. The van der Waals surface area contributed by atoms with E-state index in [1.165, 1.54) is 0 Å². The second kappa shape index (κ2) is 9.58. The third kappa shape index (κ3) is 5.16. The molecule has 1 heterocycles. The van der Waals surface area contributed by atoms with Crippen LogP contribution in [0.5, 0.6) is 5.75 Å². The third-order valence-corrected chi connectivity index (χ3v) is 5.99. The summed E-state index contributed by atoms with van der Waals surface area (Å²) in [5.41, 5.74) is 4.86. The van der Waals surface area contributed by atoms with Gasteiger partial charge in [-0.25, -0.2) is 18.1 Å². The van der Waals surface area contributed by atoms with E-state index in [1.807, 2.05) is 48.3 Å². The molecule has 1 unspecified atom stereocenters. The highest BCUT2D eigenvalue weighted by atomic mass is 32.2. The van der Waals surface area contributed by atoms with Gasteiger partial charge in [0.25, 0.3) is 0 Å². The lowest BCUT2D eigenvalue weighted by Gasteiger charge is -2.31. The number of anilines is 1. The molecule has 3 rings (SSSR count). The minimum Gasteiger partial charge on any atom is -0.496 e. The van der Waals surface area contributed by atoms with Crippen molar-refractivity contribution >= 4 is 22.0 Å². The Morgan fingerprint density at radius 1 is 1.17 bits per heavy atom. The van der Waals surface area contributed by atoms with Crippen molar-refractivity contribution in [3.8, 4) is 5.75 Å². The molecule has 0 spiro atoms. The van der Waals surface area contributed by atoms with Gasteiger partial charge in [-0.05, 0) is 36.8 Å². The molecule has 0 bridgehead atoms. The zero-order chi connectivity index (χ0) is 20.7. The Hall–Kier alpha value is -2.84. The first-order valence-electron chi connectivity index (χ1n) is 9.53. The monoisotopic (exact) mass is 414 g/mol. The van der Waals surface area contributed by atoms with Gasteiger partial charge in [0, 0.05) is 18.3 Å². The summed E-state index contributed by atoms with van der Waals surface area (Å²) in [4.78, 5) is 4.41. The van der Waals surface area contributed by atoms with Crippen molar-refractivity contribution in [2.75, 3.05) is 19.1 Å². The van der Waals surface area contributed by atoms with Crippen LogP contribution in [-0.4, -0.2) is 33.4 Å². The quantitative estimate of drug-likeness (QED) is 0.612. The summed E-state index contributed by atoms with van der Waals surface area (Å²) in [7, 11) is -1.91. The number of sulfonamides is 1. The number of ether oxygens (including phenoxy) is 1. The molecule has 0 saturated heterocycles. The van der Waals surface area contributed by atoms with Crippen LogP contribution in [0.1, 0.15) is 31.4 Å². The molecule has 2 N–H and O–H groups in total. The molecule has 0 fully saturated rings. The number of aliphatic imine (C=N–C) groups is 1. The van der Waals surface area contributed by atoms with Gasteiger partial charge < -0.3 is 4.74 Å². The third-order valence-electron chi connectivity index (χ3n) is 4.53. The summed E-state index contributed by atoms with van der Waals surface area (Å²) >= 11 is 0. The fraction of sp³-hybridized carbons (Fsp3) is 0.286. The van der Waals surface area contributed by atoms with Crippen molar-refractivity contribution in [2.45, 2.75) is 30.7 Å². The van der Waals surface area contributed by atoms with E-state index in [4.69, 9.17) is 4.74 Å². The average Bonchev–Trinajstić information content (AvgIpc) is 2.74. The Labute approximate surface area is 172 Å². The summed E-state index contributed by atoms with van der Waals surface area (Å²) in [5.74, 6) is 0.765. The smallest absolute Gasteiger partial charge is 0.240 e. The maximum Gasteiger partial charge on any atom is 0.240 e. The second-order valence-electron chi connectivity index (χ2n) is 6.59. The Balaban J connectivity index is 1.81. The first-order chi connectivity index (χ1) is 14.0. The van der Waals surface area contributed by atoms with Gasteiger partial charge in [0.1, 0.15) is 12.1 Å². The first-order valence-corrected chi connectivity index (χ1v) is 11.0. The van der Waals surface area contributed by atoms with Crippen molar-refractivity contribution in [1.82, 2.24) is 9.73 Å². The highest BCUT2D eigenvalue weighted by molar-refractivity contribution is 7.89. The Morgan fingerprint density at radius 3 is 2.79 bits per heavy atom. The van der Waals surface area contributed by atoms with Crippen molar-refractivity contribution < 1.29 is 13.2 Å². The Bertz CT molecular complexity index is 989. The normalized spacial score (nSPS) is 16.1. The topological polar surface area (TPSA) is 83.0 Å². The van der Waals surface area contributed by atoms with Gasteiger partial charge in [-0.15, -0.1) is 0 Å². The van der Waals surface area contributed by atoms with Crippen LogP contribution in [-0.2, 0) is 10.0 Å². The minimum absolute atomic E-state index is 0.161. The molecule has 1 aliphatic rings. The second-order valence-corrected chi connectivity index (χ2v) is 8.36. The number of benzene rings is 2. The van der Waals surface area contributed by atoms with E-state index in [2.05, 4.69) is 15.1 Å². The van der Waals surface area contributed by atoms with Crippen molar-refractivity contribution in [3.05, 3.63) is 66.4 Å². The van der Waals surface area contributed by atoms with Crippen LogP contribution in [0.25, 0.3) is 0 Å². The summed E-state index contributed by atoms with van der Waals surface area (Å²) in [6.07, 6.45) is 7.06. The van der Waals surface area contributed by atoms with Crippen LogP contribution in [0.2, 0.25) is 0 Å². The van der Waals surface area contributed by atoms with Crippen LogP contribution in [0.15, 0.2) is 70.7 Å². The number of nitrogens with zero attached hydrogens (tertiary/aromatic N) is 2. The summed E-state index contributed by atoms with van der Waals surface area (Å²) in [6, 6.07) is 14.3. The molecule has 0 radical (unpaired) electrons. The van der Waals surface area contributed by atoms with E-state index in [1.54, 1.807) is 37.8 Å². The largest absolute Gasteiger partial charge is 0.496 e. The molecule has 1 aliphatic heterocycles. The van der Waals surface area contributed by atoms with E-state index in [-0.39, 0.29) is 10.9 Å². The SMILES string of the molecule is CCCCNS(=O)(=O)c1cccc(NN2C=NC=CC2c2ccccc2OC)c1. The lowest BCUT2D eigenvalue weighted by molar-refractivity contribution is 0.383. The van der Waals surface area contributed by atoms with E-state index in [0.29, 0.717) is 12.2 Å². The number of nitrogens with one attached hydrogen (secondary N) is 2. The number of methoxy groups -OCH3 is 1. The van der Waals surface area contributed by atoms with Gasteiger partial charge in [0.05, 0.1) is 23.7 Å². The molecule has 0 aromatic heterocycles. The fourth-order valence-electron chi connectivity index (χ4n) is 3.02. The van der Waals surface area contributed by atoms with Crippen LogP contribution >= 0.6 is 0 Å². The number of hydrogen-bond acceptors (Lipinski definition) is 6. The van der Waals surface area contributed by atoms with Gasteiger partial charge >= 0.3 is 0 Å². The molecule has 0 saturated carbocycles. The van der Waals surface area contributed by atoms with E-state index in [9.17, 15) is 8.42 Å². The number of rotatable bonds is 9. The zero-order valence-corrected chi connectivity index (χ0v) is 17.4. The van der Waals surface area contributed by atoms with Gasteiger partial charge in [0.2, 0.25) is 10.0 Å². The predicted octanol–water partition coefficient (Wildman–Crippen LogP) is 3.70. The lowest BCUT2D eigenvalue weighted by Crippen LogP contribution is -2.33. The van der Waals surface area contributed by atoms with Crippen LogP contribution in [0.3, 0.4) is 0 Å². The highest BCUT2D eigenvalue weighted by Gasteiger charge is 2.22. The van der Waals surface area contributed by atoms with E-state index in [0.717, 1.165) is 24.2 Å². The summed E-state index contributed by atoms with van der Waals surface area (Å²) < 4.78 is 33.1. The van der Waals surface area contributed by atoms with E-state index < -0.39 is 10.0 Å². The molecule has 29 heavy (non-hydrogen) atoms. The lowest BCUT2D eigenvalue weighted by atomic mass is 10.0. The molecule has 0 aliphatic carbocycles. The average molecular weight is 415 g/mol. The zero-order valence-electron chi connectivity index (χ0n) is 16.6. The Kier molecular flexibility index (Phi) is 6.90. The molecule has 154 valence electrons. The minimum atomic E-state index is -3.55. The molecule has 0 amide bonds. The molecule has 1 atom stereocenters. The molecular formula is C21H26N4O3S. The maximum atomic E-state index is 12.5. The fourth-order valence-corrected chi connectivity index (χ4v) is 4.14. The maximum absolute atomic E-state index is 12.5. The van der Waals surface area contributed by atoms with Crippen LogP contribution in [0.4, 0.5) is 5.69 Å². The van der Waals surface area contributed by atoms with Crippen molar-refractivity contribution in [3.63, 3.8) is 0 Å². The number of hydrazine groups is 1. The predicted molar refractivity (Wildman–Crippen MR) is 115 cm³/mol. The van der Waals surface area contributed by atoms with Gasteiger partial charge in [-0.1, -0.05) is 37.6 Å². The Morgan fingerprint density at radius 2 is 2.00 bits per heavy atom. The molecular weight excluding hydrogens is 388 g/mol. The first kappa shape index (κ1) is 20.9. The molecule has 7 nitrogen and oxygen atoms in total. The van der Waals surface area contributed by atoms with E-state index >= 15 is 0 Å². The van der Waals surface area contributed by atoms with Crippen molar-refractivity contribution in [1.29, 1.82) is 0 Å². The van der Waals surface area contributed by atoms with Crippen LogP contribution < -0.4 is 14.9 Å². The molecule has 8 heteroatoms. The van der Waals surface area contributed by atoms with Crippen molar-refractivity contribution in [2.24, 2.45) is 4.99 Å². The summed E-state index contributed by atoms with van der Waals surface area (Å²) in [6.45, 7) is 2.45. The number of hydrogen-bond donors (Lipinski definition) is 2. The van der Waals surface area contributed by atoms with Gasteiger partial charge in [-0.2, -0.15) is 0 Å². The molecule has 2 aromatic rings. The van der Waals surface area contributed by atoms with Gasteiger partial charge in [0.15, 0.2) is 0 Å². The summed E-state index contributed by atoms with van der Waals surface area (Å²) in [5, 5.41) is 1.81. The highest BCUT2D eigenvalue weighted by Crippen LogP contribution is 2.31.